The maximum absolute atomic E-state index is 13.9. The first-order valence-corrected chi connectivity index (χ1v) is 22.1. The Morgan fingerprint density at radius 2 is 1.12 bits per heavy atom. The summed E-state index contributed by atoms with van der Waals surface area (Å²) in [6, 6.07) is 0. The highest BCUT2D eigenvalue weighted by molar-refractivity contribution is 5.91. The topological polar surface area (TPSA) is 363 Å². The van der Waals surface area contributed by atoms with Crippen LogP contribution in [-0.4, -0.2) is 202 Å². The van der Waals surface area contributed by atoms with Crippen molar-refractivity contribution in [1.29, 1.82) is 0 Å². The molecule has 2 saturated heterocycles. The molecule has 384 valence electrons. The first kappa shape index (κ1) is 54.8. The Balaban J connectivity index is 1.29. The maximum atomic E-state index is 13.9. The molecule has 3 fully saturated rings. The highest BCUT2D eigenvalue weighted by Gasteiger charge is 2.50. The molecule has 18 atom stereocenters. The SMILES string of the molecule is C/C=C1\[C@@H](O[C@@H]2O[C@H](CO)[C@@H](O)[C@H](O)[C@H]2O)OC=C(C(=O)OC)[C@H]1CC(=O)O[C@H]1C[C@@H](C(CO)CO)[C@H](COC(=O)C[C@H]2C(C(=O)OC)=CO[C@@H](O[C@@H]3O[C@H](CO)[C@@H](O)[C@H](O)[C@H]3O)/C2=C\C)[C@@H]1C. The molecule has 0 aromatic carbocycles. The Labute approximate surface area is 390 Å². The second kappa shape index (κ2) is 24.6. The van der Waals surface area contributed by atoms with Crippen molar-refractivity contribution < 1.29 is 118 Å². The van der Waals surface area contributed by atoms with Crippen LogP contribution in [0.25, 0.3) is 0 Å². The van der Waals surface area contributed by atoms with Crippen LogP contribution in [0.1, 0.15) is 40.0 Å². The van der Waals surface area contributed by atoms with Gasteiger partial charge in [-0.25, -0.2) is 9.59 Å². The third kappa shape index (κ3) is 11.9. The molecule has 0 unspecified atom stereocenters. The van der Waals surface area contributed by atoms with Crippen LogP contribution in [0.5, 0.6) is 0 Å². The number of hydrogen-bond donors (Lipinski definition) is 10. The molecule has 5 rings (SSSR count). The van der Waals surface area contributed by atoms with Crippen molar-refractivity contribution in [2.45, 2.75) is 120 Å². The largest absolute Gasteiger partial charge is 0.468 e. The van der Waals surface area contributed by atoms with Crippen molar-refractivity contribution in [2.75, 3.05) is 47.3 Å². The number of aliphatic hydroxyl groups is 10. The molecule has 0 amide bonds. The van der Waals surface area contributed by atoms with E-state index in [-0.39, 0.29) is 35.3 Å². The predicted molar refractivity (Wildman–Crippen MR) is 223 cm³/mol. The molecule has 24 heteroatoms. The molecular formula is C44H64O24. The summed E-state index contributed by atoms with van der Waals surface area (Å²) in [5, 5.41) is 102. The lowest BCUT2D eigenvalue weighted by Crippen LogP contribution is -2.60. The molecular weight excluding hydrogens is 912 g/mol. The molecule has 10 N–H and O–H groups in total. The number of hydrogen-bond acceptors (Lipinski definition) is 24. The van der Waals surface area contributed by atoms with Gasteiger partial charge in [-0.2, -0.15) is 0 Å². The highest BCUT2D eigenvalue weighted by atomic mass is 16.8. The zero-order chi connectivity index (χ0) is 50.1. The van der Waals surface area contributed by atoms with Gasteiger partial charge in [-0.3, -0.25) is 9.59 Å². The first-order valence-electron chi connectivity index (χ1n) is 22.1. The summed E-state index contributed by atoms with van der Waals surface area (Å²) >= 11 is 0. The van der Waals surface area contributed by atoms with Gasteiger partial charge in [-0.15, -0.1) is 0 Å². The lowest BCUT2D eigenvalue weighted by atomic mass is 9.82. The van der Waals surface area contributed by atoms with E-state index in [4.69, 9.17) is 47.4 Å². The number of methoxy groups -OCH3 is 2. The van der Waals surface area contributed by atoms with E-state index in [0.29, 0.717) is 0 Å². The fourth-order valence-electron chi connectivity index (χ4n) is 9.27. The minimum Gasteiger partial charge on any atom is -0.468 e. The predicted octanol–water partition coefficient (Wildman–Crippen LogP) is -3.32. The summed E-state index contributed by atoms with van der Waals surface area (Å²) in [6.45, 7) is 2.16. The van der Waals surface area contributed by atoms with Gasteiger partial charge in [-0.1, -0.05) is 19.1 Å². The zero-order valence-electron chi connectivity index (χ0n) is 38.1. The van der Waals surface area contributed by atoms with Gasteiger partial charge in [0.25, 0.3) is 0 Å². The summed E-state index contributed by atoms with van der Waals surface area (Å²) in [6.07, 6.45) is -15.9. The van der Waals surface area contributed by atoms with Crippen molar-refractivity contribution >= 4 is 23.9 Å². The number of esters is 4. The summed E-state index contributed by atoms with van der Waals surface area (Å²) in [4.78, 5) is 53.5. The number of rotatable bonds is 18. The van der Waals surface area contributed by atoms with Crippen LogP contribution in [0.3, 0.4) is 0 Å². The quantitative estimate of drug-likeness (QED) is 0.0365. The molecule has 68 heavy (non-hydrogen) atoms. The minimum absolute atomic E-state index is 0.100. The van der Waals surface area contributed by atoms with Crippen LogP contribution in [0, 0.1) is 35.5 Å². The summed E-state index contributed by atoms with van der Waals surface area (Å²) < 4.78 is 55.5. The van der Waals surface area contributed by atoms with Crippen molar-refractivity contribution in [3.05, 3.63) is 47.0 Å². The van der Waals surface area contributed by atoms with Gasteiger partial charge in [0.1, 0.15) is 54.9 Å². The van der Waals surface area contributed by atoms with Gasteiger partial charge < -0.3 is 98.4 Å². The van der Waals surface area contributed by atoms with E-state index < -0.39 is 179 Å². The number of aliphatic hydroxyl groups excluding tert-OH is 10. The summed E-state index contributed by atoms with van der Waals surface area (Å²) in [5.41, 5.74) is 0.168. The van der Waals surface area contributed by atoms with E-state index in [9.17, 15) is 70.2 Å². The minimum atomic E-state index is -1.80. The first-order chi connectivity index (χ1) is 32.4. The van der Waals surface area contributed by atoms with Gasteiger partial charge in [0, 0.05) is 48.0 Å². The monoisotopic (exact) mass is 976 g/mol. The molecule has 1 saturated carbocycles. The van der Waals surface area contributed by atoms with Gasteiger partial charge in [-0.05, 0) is 32.1 Å². The maximum Gasteiger partial charge on any atom is 0.337 e. The number of carbonyl (C=O) groups is 4. The highest BCUT2D eigenvalue weighted by Crippen LogP contribution is 2.45. The van der Waals surface area contributed by atoms with Crippen LogP contribution >= 0.6 is 0 Å². The Morgan fingerprint density at radius 3 is 1.51 bits per heavy atom. The third-order valence-corrected chi connectivity index (χ3v) is 13.3. The van der Waals surface area contributed by atoms with Gasteiger partial charge in [0.15, 0.2) is 12.6 Å². The van der Waals surface area contributed by atoms with E-state index in [0.717, 1.165) is 26.7 Å². The van der Waals surface area contributed by atoms with Crippen molar-refractivity contribution in [3.63, 3.8) is 0 Å². The molecule has 0 aromatic rings. The molecule has 4 heterocycles. The van der Waals surface area contributed by atoms with Crippen LogP contribution in [0.2, 0.25) is 0 Å². The van der Waals surface area contributed by atoms with Gasteiger partial charge in [0.05, 0.1) is 70.6 Å². The Morgan fingerprint density at radius 1 is 0.676 bits per heavy atom. The average Bonchev–Trinajstić information content (AvgIpc) is 3.63. The van der Waals surface area contributed by atoms with E-state index in [1.165, 1.54) is 12.2 Å². The van der Waals surface area contributed by atoms with Crippen LogP contribution in [0.15, 0.2) is 47.0 Å². The summed E-state index contributed by atoms with van der Waals surface area (Å²) in [7, 11) is 2.23. The molecule has 4 aliphatic heterocycles. The average molecular weight is 977 g/mol. The molecule has 0 bridgehead atoms. The van der Waals surface area contributed by atoms with E-state index >= 15 is 0 Å². The van der Waals surface area contributed by atoms with Crippen molar-refractivity contribution in [2.24, 2.45) is 35.5 Å². The van der Waals surface area contributed by atoms with Crippen LogP contribution < -0.4 is 0 Å². The molecule has 1 aliphatic carbocycles. The Hall–Kier alpha value is -4.12. The Bertz CT molecular complexity index is 1860. The van der Waals surface area contributed by atoms with Crippen LogP contribution in [-0.2, 0) is 66.5 Å². The fraction of sp³-hybridized carbons (Fsp3) is 0.727. The molecule has 5 aliphatic rings. The smallest absolute Gasteiger partial charge is 0.337 e. The van der Waals surface area contributed by atoms with E-state index in [1.807, 2.05) is 0 Å². The normalized spacial score (nSPS) is 38.5. The van der Waals surface area contributed by atoms with Crippen molar-refractivity contribution in [3.8, 4) is 0 Å². The number of carbonyl (C=O) groups excluding carboxylic acids is 4. The molecule has 24 nitrogen and oxygen atoms in total. The number of ether oxygens (including phenoxy) is 10. The molecule has 0 radical (unpaired) electrons. The lowest BCUT2D eigenvalue weighted by molar-refractivity contribution is -0.327. The van der Waals surface area contributed by atoms with Crippen molar-refractivity contribution in [1.82, 2.24) is 0 Å². The van der Waals surface area contributed by atoms with E-state index in [2.05, 4.69) is 0 Å². The Kier molecular flexibility index (Phi) is 19.9. The molecule has 0 aromatic heterocycles. The van der Waals surface area contributed by atoms with Gasteiger partial charge >= 0.3 is 23.9 Å². The second-order valence-electron chi connectivity index (χ2n) is 17.1. The molecule has 0 spiro atoms. The second-order valence-corrected chi connectivity index (χ2v) is 17.1. The zero-order valence-corrected chi connectivity index (χ0v) is 38.1. The van der Waals surface area contributed by atoms with Crippen LogP contribution in [0.4, 0.5) is 0 Å². The lowest BCUT2D eigenvalue weighted by Gasteiger charge is -2.42. The standard InChI is InChI=1S/C44H64O24/c1-6-20-23(26(39(57)59-4)16-62-41(20)67-43-37(55)35(53)33(51)29(13-47)65-43)9-31(49)61-15-25-18(3)28(8-22(25)19(11-45)12-46)64-32(50)10-24-21(7-2)42(63-17-27(24)40(58)60-5)68-44-38(56)36(54)34(52)30(14-48)66-44/h6-7,16-19,22-25,28-30,33-38,41-48,51-56H,8-15H2,1-5H3/b20-6-,21-7-/t18-,22-,23+,24-,25+,28-,29+,30+,33+,34+,35-,36-,37+,38+,41-,42+,43-,44-/m0/s1. The third-order valence-electron chi connectivity index (χ3n) is 13.3. The van der Waals surface area contributed by atoms with Gasteiger partial charge in [0.2, 0.25) is 12.6 Å². The number of allylic oxidation sites excluding steroid dienone is 2. The summed E-state index contributed by atoms with van der Waals surface area (Å²) in [5.74, 6) is -7.97. The fourth-order valence-corrected chi connectivity index (χ4v) is 9.27. The van der Waals surface area contributed by atoms with E-state index in [1.54, 1.807) is 20.8 Å².